The maximum atomic E-state index is 13.3. The van der Waals surface area contributed by atoms with Crippen molar-refractivity contribution >= 4 is 45.5 Å². The van der Waals surface area contributed by atoms with Gasteiger partial charge in [0.2, 0.25) is 0 Å². The Morgan fingerprint density at radius 1 is 0.969 bits per heavy atom. The lowest BCUT2D eigenvalue weighted by Crippen LogP contribution is -2.54. The second-order valence-electron chi connectivity index (χ2n) is 7.53. The predicted octanol–water partition coefficient (Wildman–Crippen LogP) is 4.97. The Kier molecular flexibility index (Phi) is 5.56. The first kappa shape index (κ1) is 21.7. The van der Waals surface area contributed by atoms with Gasteiger partial charge in [0.15, 0.2) is 0 Å². The number of aryl methyl sites for hydroxylation is 2. The number of halogens is 2. The number of amides is 4. The van der Waals surface area contributed by atoms with Crippen molar-refractivity contribution in [2.24, 2.45) is 0 Å². The zero-order valence-corrected chi connectivity index (χ0v) is 19.2. The Bertz CT molecular complexity index is 1310. The minimum atomic E-state index is -0.792. The molecule has 6 nitrogen and oxygen atoms in total. The largest absolute Gasteiger partial charge is 0.335 e. The van der Waals surface area contributed by atoms with E-state index in [4.69, 9.17) is 0 Å². The summed E-state index contributed by atoms with van der Waals surface area (Å²) in [7, 11) is 0. The highest BCUT2D eigenvalue weighted by Crippen LogP contribution is 2.29. The summed E-state index contributed by atoms with van der Waals surface area (Å²) in [6.45, 7) is 5.49. The van der Waals surface area contributed by atoms with Gasteiger partial charge in [-0.1, -0.05) is 15.9 Å². The second-order valence-corrected chi connectivity index (χ2v) is 8.44. The van der Waals surface area contributed by atoms with Gasteiger partial charge in [-0.3, -0.25) is 14.9 Å². The summed E-state index contributed by atoms with van der Waals surface area (Å²) < 4.78 is 16.0. The molecule has 1 fully saturated rings. The molecule has 0 saturated carbocycles. The zero-order chi connectivity index (χ0) is 23.2. The molecule has 1 saturated heterocycles. The first-order valence-corrected chi connectivity index (χ1v) is 10.6. The molecule has 1 aliphatic heterocycles. The fraction of sp³-hybridized carbons (Fsp3) is 0.125. The SMILES string of the molecule is Cc1cc(Br)ccc1N1C(=O)NC(=O)/C(=C\c2cc(C)n(-c3ccc(F)cc3)c2C)C1=O. The highest BCUT2D eigenvalue weighted by molar-refractivity contribution is 9.10. The van der Waals surface area contributed by atoms with E-state index in [1.54, 1.807) is 37.3 Å². The van der Waals surface area contributed by atoms with Gasteiger partial charge < -0.3 is 4.57 Å². The Hall–Kier alpha value is -3.52. The van der Waals surface area contributed by atoms with Crippen molar-refractivity contribution in [2.75, 3.05) is 4.90 Å². The van der Waals surface area contributed by atoms with Crippen molar-refractivity contribution < 1.29 is 18.8 Å². The molecule has 3 aromatic rings. The van der Waals surface area contributed by atoms with E-state index < -0.39 is 17.8 Å². The number of hydrogen-bond donors (Lipinski definition) is 1. The van der Waals surface area contributed by atoms with Gasteiger partial charge in [0.05, 0.1) is 5.69 Å². The van der Waals surface area contributed by atoms with Crippen LogP contribution >= 0.6 is 15.9 Å². The molecule has 0 radical (unpaired) electrons. The number of benzene rings is 2. The van der Waals surface area contributed by atoms with E-state index in [0.29, 0.717) is 16.8 Å². The van der Waals surface area contributed by atoms with Gasteiger partial charge in [0.1, 0.15) is 11.4 Å². The van der Waals surface area contributed by atoms with Crippen LogP contribution in [0.3, 0.4) is 0 Å². The predicted molar refractivity (Wildman–Crippen MR) is 123 cm³/mol. The van der Waals surface area contributed by atoms with E-state index in [1.165, 1.54) is 18.2 Å². The lowest BCUT2D eigenvalue weighted by atomic mass is 10.1. The maximum absolute atomic E-state index is 13.3. The normalized spacial score (nSPS) is 15.5. The molecular formula is C24H19BrFN3O3. The first-order valence-electron chi connectivity index (χ1n) is 9.80. The third kappa shape index (κ3) is 3.78. The standard InChI is InChI=1S/C24H19BrFN3O3/c1-13-10-17(25)4-9-21(13)29-23(31)20(22(30)27-24(29)32)12-16-11-14(2)28(15(16)3)19-7-5-18(26)6-8-19/h4-12H,1-3H3,(H,27,30,32)/b20-12+. The summed E-state index contributed by atoms with van der Waals surface area (Å²) in [5.74, 6) is -1.79. The molecule has 0 unspecified atom stereocenters. The van der Waals surface area contributed by atoms with E-state index in [-0.39, 0.29) is 11.4 Å². The summed E-state index contributed by atoms with van der Waals surface area (Å²) in [6, 6.07) is 12.2. The fourth-order valence-corrected chi connectivity index (χ4v) is 4.30. The van der Waals surface area contributed by atoms with Crippen molar-refractivity contribution in [1.29, 1.82) is 0 Å². The van der Waals surface area contributed by atoms with Gasteiger partial charge in [-0.15, -0.1) is 0 Å². The molecule has 1 N–H and O–H groups in total. The van der Waals surface area contributed by atoms with Crippen LogP contribution in [-0.4, -0.2) is 22.4 Å². The van der Waals surface area contributed by atoms with Crippen LogP contribution in [0.4, 0.5) is 14.9 Å². The highest BCUT2D eigenvalue weighted by atomic mass is 79.9. The molecule has 4 rings (SSSR count). The van der Waals surface area contributed by atoms with Crippen molar-refractivity contribution in [3.8, 4) is 5.69 Å². The van der Waals surface area contributed by atoms with Crippen LogP contribution in [-0.2, 0) is 9.59 Å². The third-order valence-electron chi connectivity index (χ3n) is 5.36. The minimum absolute atomic E-state index is 0.147. The fourth-order valence-electron chi connectivity index (χ4n) is 3.82. The Morgan fingerprint density at radius 2 is 1.66 bits per heavy atom. The molecule has 0 spiro atoms. The van der Waals surface area contributed by atoms with Gasteiger partial charge in [0, 0.05) is 21.5 Å². The maximum Gasteiger partial charge on any atom is 0.335 e. The lowest BCUT2D eigenvalue weighted by molar-refractivity contribution is -0.122. The molecule has 0 aliphatic carbocycles. The number of hydrogen-bond acceptors (Lipinski definition) is 3. The molecule has 2 heterocycles. The number of rotatable bonds is 3. The number of carbonyl (C=O) groups is 3. The van der Waals surface area contributed by atoms with Gasteiger partial charge in [0.25, 0.3) is 11.8 Å². The average molecular weight is 496 g/mol. The van der Waals surface area contributed by atoms with Crippen molar-refractivity contribution in [1.82, 2.24) is 9.88 Å². The lowest BCUT2D eigenvalue weighted by Gasteiger charge is -2.27. The number of anilines is 1. The van der Waals surface area contributed by atoms with Crippen LogP contribution in [0.5, 0.6) is 0 Å². The van der Waals surface area contributed by atoms with Gasteiger partial charge >= 0.3 is 6.03 Å². The van der Waals surface area contributed by atoms with Crippen molar-refractivity contribution in [3.05, 3.63) is 86.9 Å². The van der Waals surface area contributed by atoms with E-state index >= 15 is 0 Å². The van der Waals surface area contributed by atoms with Crippen LogP contribution < -0.4 is 10.2 Å². The molecule has 4 amide bonds. The Morgan fingerprint density at radius 3 is 2.31 bits per heavy atom. The smallest absolute Gasteiger partial charge is 0.318 e. The summed E-state index contributed by atoms with van der Waals surface area (Å²) in [5.41, 5.74) is 3.97. The molecule has 0 atom stereocenters. The molecule has 1 aliphatic rings. The molecular weight excluding hydrogens is 477 g/mol. The van der Waals surface area contributed by atoms with E-state index in [2.05, 4.69) is 21.2 Å². The molecule has 1 aromatic heterocycles. The quantitative estimate of drug-likeness (QED) is 0.411. The summed E-state index contributed by atoms with van der Waals surface area (Å²) in [4.78, 5) is 39.2. The van der Waals surface area contributed by atoms with Gasteiger partial charge in [-0.05, 0) is 86.5 Å². The zero-order valence-electron chi connectivity index (χ0n) is 17.6. The minimum Gasteiger partial charge on any atom is -0.318 e. The van der Waals surface area contributed by atoms with Crippen LogP contribution in [0.1, 0.15) is 22.5 Å². The molecule has 8 heteroatoms. The molecule has 2 aromatic carbocycles. The summed E-state index contributed by atoms with van der Waals surface area (Å²) in [6.07, 6.45) is 1.48. The average Bonchev–Trinajstić information content (AvgIpc) is 3.00. The number of carbonyl (C=O) groups excluding carboxylic acids is 3. The third-order valence-corrected chi connectivity index (χ3v) is 5.85. The van der Waals surface area contributed by atoms with Gasteiger partial charge in [-0.25, -0.2) is 14.1 Å². The highest BCUT2D eigenvalue weighted by Gasteiger charge is 2.37. The molecule has 0 bridgehead atoms. The number of imide groups is 2. The monoisotopic (exact) mass is 495 g/mol. The number of aromatic nitrogens is 1. The number of nitrogens with zero attached hydrogens (tertiary/aromatic N) is 2. The number of nitrogens with one attached hydrogen (secondary N) is 1. The van der Waals surface area contributed by atoms with Crippen LogP contribution in [0.15, 0.2) is 58.6 Å². The number of barbiturate groups is 1. The van der Waals surface area contributed by atoms with E-state index in [1.807, 2.05) is 24.5 Å². The number of urea groups is 1. The van der Waals surface area contributed by atoms with Crippen molar-refractivity contribution in [3.63, 3.8) is 0 Å². The topological polar surface area (TPSA) is 71.4 Å². The first-order chi connectivity index (χ1) is 15.2. The summed E-state index contributed by atoms with van der Waals surface area (Å²) in [5, 5.41) is 2.25. The molecule has 162 valence electrons. The Balaban J connectivity index is 1.77. The van der Waals surface area contributed by atoms with E-state index in [0.717, 1.165) is 26.4 Å². The summed E-state index contributed by atoms with van der Waals surface area (Å²) >= 11 is 3.36. The van der Waals surface area contributed by atoms with Crippen LogP contribution in [0.2, 0.25) is 0 Å². The van der Waals surface area contributed by atoms with E-state index in [9.17, 15) is 18.8 Å². The van der Waals surface area contributed by atoms with Crippen LogP contribution in [0, 0.1) is 26.6 Å². The van der Waals surface area contributed by atoms with Crippen molar-refractivity contribution in [2.45, 2.75) is 20.8 Å². The second kappa shape index (κ2) is 8.20. The molecule has 32 heavy (non-hydrogen) atoms. The van der Waals surface area contributed by atoms with Gasteiger partial charge in [-0.2, -0.15) is 0 Å². The Labute approximate surface area is 192 Å². The van der Waals surface area contributed by atoms with Crippen LogP contribution in [0.25, 0.3) is 11.8 Å².